The van der Waals surface area contributed by atoms with Gasteiger partial charge in [-0.3, -0.25) is 0 Å². The van der Waals surface area contributed by atoms with Gasteiger partial charge in [0.25, 0.3) is 0 Å². The van der Waals surface area contributed by atoms with E-state index in [0.29, 0.717) is 4.87 Å². The molecule has 0 amide bonds. The van der Waals surface area contributed by atoms with Crippen LogP contribution in [0.4, 0.5) is 0 Å². The van der Waals surface area contributed by atoms with Crippen molar-refractivity contribution in [2.75, 3.05) is 19.0 Å². The molecule has 0 aromatic heterocycles. The third kappa shape index (κ3) is 4.34. The van der Waals surface area contributed by atoms with Gasteiger partial charge >= 0.3 is 8.56 Å². The van der Waals surface area contributed by atoms with Gasteiger partial charge in [0.05, 0.1) is 0 Å². The molecule has 0 aliphatic carbocycles. The van der Waals surface area contributed by atoms with E-state index in [0.717, 1.165) is 25.4 Å². The minimum Gasteiger partial charge on any atom is -0.394 e. The average molecular weight is 236 g/mol. The molecule has 0 aliphatic rings. The second-order valence-electron chi connectivity index (χ2n) is 3.23. The average Bonchev–Trinajstić information content (AvgIpc) is 2.14. The zero-order chi connectivity index (χ0) is 11.0. The van der Waals surface area contributed by atoms with E-state index in [9.17, 15) is 0 Å². The lowest BCUT2D eigenvalue weighted by atomic mass is 10.6. The first kappa shape index (κ1) is 14.5. The maximum Gasteiger partial charge on any atom is 0.348 e. The molecule has 0 radical (unpaired) electrons. The van der Waals surface area contributed by atoms with Crippen LogP contribution in [0.1, 0.15) is 34.1 Å². The van der Waals surface area contributed by atoms with Gasteiger partial charge in [-0.05, 0) is 32.6 Å². The van der Waals surface area contributed by atoms with Gasteiger partial charge in [0.2, 0.25) is 0 Å². The van der Waals surface area contributed by atoms with Gasteiger partial charge in [-0.25, -0.2) is 0 Å². The molecule has 0 aromatic rings. The molecule has 2 nitrogen and oxygen atoms in total. The topological polar surface area (TPSA) is 18.5 Å². The predicted molar refractivity (Wildman–Crippen MR) is 67.1 cm³/mol. The molecule has 0 rings (SSSR count). The van der Waals surface area contributed by atoms with Crippen LogP contribution >= 0.6 is 11.8 Å². The molecule has 0 heterocycles. The summed E-state index contributed by atoms with van der Waals surface area (Å²) >= 11 is 1.97. The molecule has 86 valence electrons. The summed E-state index contributed by atoms with van der Waals surface area (Å²) in [5.41, 5.74) is 0. The van der Waals surface area contributed by atoms with Gasteiger partial charge in [0.1, 0.15) is 0 Å². The Morgan fingerprint density at radius 3 is 1.86 bits per heavy atom. The fourth-order valence-electron chi connectivity index (χ4n) is 1.64. The molecule has 14 heavy (non-hydrogen) atoms. The van der Waals surface area contributed by atoms with Gasteiger partial charge in [0, 0.05) is 18.1 Å². The number of hydrogen-bond acceptors (Lipinski definition) is 3. The number of hydrogen-bond donors (Lipinski definition) is 0. The van der Waals surface area contributed by atoms with E-state index in [1.54, 1.807) is 0 Å². The van der Waals surface area contributed by atoms with Gasteiger partial charge < -0.3 is 8.85 Å². The van der Waals surface area contributed by atoms with Crippen LogP contribution < -0.4 is 0 Å². The highest BCUT2D eigenvalue weighted by Crippen LogP contribution is 2.27. The standard InChI is InChI=1S/C10H24O2SSi/c1-6-10(13-9-4)14(5,11-7-2)12-8-3/h10H,6-9H2,1-5H3. The Bertz CT molecular complexity index is 138. The Labute approximate surface area is 94.0 Å². The third-order valence-electron chi connectivity index (χ3n) is 2.19. The Morgan fingerprint density at radius 1 is 1.07 bits per heavy atom. The molecule has 1 atom stereocenters. The molecule has 0 aliphatic heterocycles. The van der Waals surface area contributed by atoms with Crippen molar-refractivity contribution in [3.05, 3.63) is 0 Å². The number of rotatable bonds is 8. The van der Waals surface area contributed by atoms with E-state index >= 15 is 0 Å². The Balaban J connectivity index is 4.39. The van der Waals surface area contributed by atoms with Crippen LogP contribution in [-0.4, -0.2) is 32.4 Å². The molecule has 0 bridgehead atoms. The second-order valence-corrected chi connectivity index (χ2v) is 8.44. The van der Waals surface area contributed by atoms with E-state index in [1.807, 2.05) is 25.6 Å². The van der Waals surface area contributed by atoms with Crippen molar-refractivity contribution >= 4 is 20.3 Å². The first-order valence-corrected chi connectivity index (χ1v) is 8.98. The van der Waals surface area contributed by atoms with Crippen molar-refractivity contribution in [2.45, 2.75) is 45.5 Å². The molecule has 0 saturated carbocycles. The molecule has 0 saturated heterocycles. The lowest BCUT2D eigenvalue weighted by Gasteiger charge is -2.32. The lowest BCUT2D eigenvalue weighted by molar-refractivity contribution is 0.187. The van der Waals surface area contributed by atoms with Crippen LogP contribution in [0.5, 0.6) is 0 Å². The van der Waals surface area contributed by atoms with Crippen molar-refractivity contribution in [1.29, 1.82) is 0 Å². The molecular weight excluding hydrogens is 212 g/mol. The first-order valence-electron chi connectivity index (χ1n) is 5.54. The summed E-state index contributed by atoms with van der Waals surface area (Å²) < 4.78 is 11.7. The quantitative estimate of drug-likeness (QED) is 0.603. The van der Waals surface area contributed by atoms with Crippen molar-refractivity contribution in [3.8, 4) is 0 Å². The van der Waals surface area contributed by atoms with E-state index in [2.05, 4.69) is 20.4 Å². The highest BCUT2D eigenvalue weighted by Gasteiger charge is 2.39. The van der Waals surface area contributed by atoms with Crippen molar-refractivity contribution in [1.82, 2.24) is 0 Å². The van der Waals surface area contributed by atoms with Crippen LogP contribution in [0.3, 0.4) is 0 Å². The fourth-order valence-corrected chi connectivity index (χ4v) is 6.74. The SMILES string of the molecule is CCO[Si](C)(OCC)C(CC)SCC. The molecule has 0 N–H and O–H groups in total. The maximum absolute atomic E-state index is 5.87. The zero-order valence-electron chi connectivity index (χ0n) is 10.1. The summed E-state index contributed by atoms with van der Waals surface area (Å²) in [7, 11) is -1.94. The fraction of sp³-hybridized carbons (Fsp3) is 1.00. The van der Waals surface area contributed by atoms with Crippen molar-refractivity contribution in [3.63, 3.8) is 0 Å². The summed E-state index contributed by atoms with van der Waals surface area (Å²) in [6, 6.07) is 0. The van der Waals surface area contributed by atoms with Crippen LogP contribution in [0, 0.1) is 0 Å². The van der Waals surface area contributed by atoms with Crippen molar-refractivity contribution in [2.24, 2.45) is 0 Å². The largest absolute Gasteiger partial charge is 0.394 e. The monoisotopic (exact) mass is 236 g/mol. The zero-order valence-corrected chi connectivity index (χ0v) is 11.9. The Hall–Kier alpha value is 0.487. The normalized spacial score (nSPS) is 14.4. The smallest absolute Gasteiger partial charge is 0.348 e. The minimum atomic E-state index is -1.94. The van der Waals surface area contributed by atoms with Crippen LogP contribution in [-0.2, 0) is 8.85 Å². The highest BCUT2D eigenvalue weighted by molar-refractivity contribution is 8.01. The van der Waals surface area contributed by atoms with Gasteiger partial charge in [-0.2, -0.15) is 11.8 Å². The maximum atomic E-state index is 5.87. The first-order chi connectivity index (χ1) is 6.64. The summed E-state index contributed by atoms with van der Waals surface area (Å²) in [5, 5.41) is 0. The summed E-state index contributed by atoms with van der Waals surface area (Å²) in [6.07, 6.45) is 1.14. The van der Waals surface area contributed by atoms with Gasteiger partial charge in [0.15, 0.2) is 0 Å². The van der Waals surface area contributed by atoms with E-state index in [-0.39, 0.29) is 0 Å². The Kier molecular flexibility index (Phi) is 8.01. The van der Waals surface area contributed by atoms with Crippen molar-refractivity contribution < 1.29 is 8.85 Å². The van der Waals surface area contributed by atoms with Crippen LogP contribution in [0.25, 0.3) is 0 Å². The lowest BCUT2D eigenvalue weighted by Crippen LogP contribution is -2.49. The molecule has 4 heteroatoms. The molecular formula is C10H24O2SSi. The molecule has 0 fully saturated rings. The summed E-state index contributed by atoms with van der Waals surface area (Å²) in [4.78, 5) is 0.562. The van der Waals surface area contributed by atoms with E-state index in [1.165, 1.54) is 0 Å². The van der Waals surface area contributed by atoms with E-state index < -0.39 is 8.56 Å². The molecule has 0 spiro atoms. The third-order valence-corrected chi connectivity index (χ3v) is 8.34. The Morgan fingerprint density at radius 2 is 1.57 bits per heavy atom. The summed E-state index contributed by atoms with van der Waals surface area (Å²) in [5.74, 6) is 1.14. The molecule has 0 aromatic carbocycles. The summed E-state index contributed by atoms with van der Waals surface area (Å²) in [6.45, 7) is 12.2. The van der Waals surface area contributed by atoms with Crippen LogP contribution in [0.2, 0.25) is 6.55 Å². The predicted octanol–water partition coefficient (Wildman–Crippen LogP) is 3.20. The second kappa shape index (κ2) is 7.74. The van der Waals surface area contributed by atoms with Gasteiger partial charge in [-0.1, -0.05) is 13.8 Å². The number of thioether (sulfide) groups is 1. The minimum absolute atomic E-state index is 0.562. The van der Waals surface area contributed by atoms with Gasteiger partial charge in [-0.15, -0.1) is 0 Å². The highest BCUT2D eigenvalue weighted by atomic mass is 32.2. The van der Waals surface area contributed by atoms with Crippen LogP contribution in [0.15, 0.2) is 0 Å². The van der Waals surface area contributed by atoms with E-state index in [4.69, 9.17) is 8.85 Å². The molecule has 1 unspecified atom stereocenters.